The SMILES string of the molecule is c1ccc(-n2c3ccccc3c3cc(-c4ccc5c(c4)c4ccccc4n5-c4ccc(-c5cc6ccccc6c6ccccc56)cc4)ccc32)cc1. The zero-order valence-electron chi connectivity index (χ0n) is 28.4. The van der Waals surface area contributed by atoms with E-state index in [-0.39, 0.29) is 0 Å². The van der Waals surface area contributed by atoms with E-state index in [9.17, 15) is 0 Å². The third-order valence-corrected chi connectivity index (χ3v) is 10.9. The van der Waals surface area contributed by atoms with Crippen LogP contribution in [0.5, 0.6) is 0 Å². The first-order valence-corrected chi connectivity index (χ1v) is 17.9. The van der Waals surface area contributed by atoms with Crippen molar-refractivity contribution in [1.82, 2.24) is 9.13 Å². The Hall–Kier alpha value is -6.90. The lowest BCUT2D eigenvalue weighted by Crippen LogP contribution is -1.94. The Morgan fingerprint density at radius 3 is 1.31 bits per heavy atom. The number of nitrogens with zero attached hydrogens (tertiary/aromatic N) is 2. The Morgan fingerprint density at radius 1 is 0.250 bits per heavy atom. The summed E-state index contributed by atoms with van der Waals surface area (Å²) in [5.41, 5.74) is 12.1. The van der Waals surface area contributed by atoms with Gasteiger partial charge in [0, 0.05) is 32.9 Å². The van der Waals surface area contributed by atoms with Crippen molar-refractivity contribution in [3.8, 4) is 33.6 Å². The first-order chi connectivity index (χ1) is 25.8. The van der Waals surface area contributed by atoms with Gasteiger partial charge in [-0.05, 0) is 111 Å². The minimum Gasteiger partial charge on any atom is -0.309 e. The summed E-state index contributed by atoms with van der Waals surface area (Å²) in [6.07, 6.45) is 0. The van der Waals surface area contributed by atoms with Crippen LogP contribution in [0.3, 0.4) is 0 Å². The smallest absolute Gasteiger partial charge is 0.0541 e. The summed E-state index contributed by atoms with van der Waals surface area (Å²) in [5.74, 6) is 0. The van der Waals surface area contributed by atoms with E-state index >= 15 is 0 Å². The average molecular weight is 661 g/mol. The monoisotopic (exact) mass is 660 g/mol. The van der Waals surface area contributed by atoms with Crippen LogP contribution in [0.1, 0.15) is 0 Å². The predicted octanol–water partition coefficient (Wildman–Crippen LogP) is 13.5. The maximum atomic E-state index is 2.41. The van der Waals surface area contributed by atoms with E-state index < -0.39 is 0 Å². The largest absolute Gasteiger partial charge is 0.309 e. The van der Waals surface area contributed by atoms with Gasteiger partial charge in [0.2, 0.25) is 0 Å². The lowest BCUT2D eigenvalue weighted by atomic mass is 9.93. The summed E-state index contributed by atoms with van der Waals surface area (Å²) >= 11 is 0. The van der Waals surface area contributed by atoms with E-state index in [4.69, 9.17) is 0 Å². The second-order valence-electron chi connectivity index (χ2n) is 13.7. The van der Waals surface area contributed by atoms with Crippen LogP contribution in [0.2, 0.25) is 0 Å². The van der Waals surface area contributed by atoms with Crippen molar-refractivity contribution in [2.24, 2.45) is 0 Å². The Morgan fingerprint density at radius 2 is 0.692 bits per heavy atom. The molecule has 0 saturated carbocycles. The summed E-state index contributed by atoms with van der Waals surface area (Å²) in [5, 5.41) is 10.2. The molecule has 2 heteroatoms. The Labute approximate surface area is 301 Å². The number of para-hydroxylation sites is 3. The van der Waals surface area contributed by atoms with Crippen molar-refractivity contribution >= 4 is 65.2 Å². The fourth-order valence-corrected chi connectivity index (χ4v) is 8.52. The number of benzene rings is 9. The van der Waals surface area contributed by atoms with Crippen molar-refractivity contribution in [2.45, 2.75) is 0 Å². The van der Waals surface area contributed by atoms with E-state index in [0.29, 0.717) is 0 Å². The van der Waals surface area contributed by atoms with E-state index in [1.165, 1.54) is 93.1 Å². The van der Waals surface area contributed by atoms with Crippen molar-refractivity contribution in [3.05, 3.63) is 194 Å². The molecule has 52 heavy (non-hydrogen) atoms. The van der Waals surface area contributed by atoms with Crippen LogP contribution in [0, 0.1) is 0 Å². The lowest BCUT2D eigenvalue weighted by Gasteiger charge is -2.13. The van der Waals surface area contributed by atoms with Crippen LogP contribution in [0.4, 0.5) is 0 Å². The third-order valence-electron chi connectivity index (χ3n) is 10.9. The van der Waals surface area contributed by atoms with Crippen molar-refractivity contribution in [2.75, 3.05) is 0 Å². The van der Waals surface area contributed by atoms with Gasteiger partial charge in [-0.15, -0.1) is 0 Å². The van der Waals surface area contributed by atoms with Crippen molar-refractivity contribution in [3.63, 3.8) is 0 Å². The number of aromatic nitrogens is 2. The summed E-state index contributed by atoms with van der Waals surface area (Å²) in [4.78, 5) is 0. The van der Waals surface area contributed by atoms with Crippen LogP contribution in [-0.2, 0) is 0 Å². The number of rotatable bonds is 4. The molecule has 0 aliphatic heterocycles. The molecule has 11 aromatic rings. The highest BCUT2D eigenvalue weighted by atomic mass is 15.0. The van der Waals surface area contributed by atoms with Gasteiger partial charge in [0.15, 0.2) is 0 Å². The fraction of sp³-hybridized carbons (Fsp3) is 0. The van der Waals surface area contributed by atoms with E-state index in [1.807, 2.05) is 0 Å². The van der Waals surface area contributed by atoms with Gasteiger partial charge in [0.05, 0.1) is 22.1 Å². The minimum absolute atomic E-state index is 1.16. The molecule has 0 saturated heterocycles. The van der Waals surface area contributed by atoms with Crippen LogP contribution >= 0.6 is 0 Å². The molecule has 0 N–H and O–H groups in total. The summed E-state index contributed by atoms with van der Waals surface area (Å²) in [7, 11) is 0. The number of hydrogen-bond donors (Lipinski definition) is 0. The minimum atomic E-state index is 1.16. The predicted molar refractivity (Wildman–Crippen MR) is 221 cm³/mol. The van der Waals surface area contributed by atoms with Gasteiger partial charge in [-0.2, -0.15) is 0 Å². The fourth-order valence-electron chi connectivity index (χ4n) is 8.52. The molecule has 0 aliphatic carbocycles. The van der Waals surface area contributed by atoms with Crippen molar-refractivity contribution < 1.29 is 0 Å². The molecule has 0 spiro atoms. The van der Waals surface area contributed by atoms with Gasteiger partial charge in [0.25, 0.3) is 0 Å². The third kappa shape index (κ3) is 4.31. The standard InChI is InChI=1S/C50H32N2/c1-2-13-37(14-3-1)51-47-20-10-8-18-42(47)45-30-34(24-28-49(45)51)35-25-29-50-46(31-35)43-19-9-11-21-48(43)52(50)38-26-22-33(23-27-38)44-32-36-12-4-5-15-39(36)40-16-6-7-17-41(40)44/h1-32H. The Kier molecular flexibility index (Phi) is 6.28. The van der Waals surface area contributed by atoms with E-state index in [0.717, 1.165) is 5.69 Å². The van der Waals surface area contributed by atoms with Crippen LogP contribution in [0.25, 0.3) is 98.8 Å². The molecule has 0 fully saturated rings. The van der Waals surface area contributed by atoms with Crippen LogP contribution in [0.15, 0.2) is 194 Å². The van der Waals surface area contributed by atoms with E-state index in [1.54, 1.807) is 0 Å². The quantitative estimate of drug-likeness (QED) is 0.166. The molecular weight excluding hydrogens is 629 g/mol. The zero-order valence-corrected chi connectivity index (χ0v) is 28.4. The maximum absolute atomic E-state index is 2.41. The van der Waals surface area contributed by atoms with Gasteiger partial charge in [-0.1, -0.05) is 127 Å². The summed E-state index contributed by atoms with van der Waals surface area (Å²) in [6.45, 7) is 0. The summed E-state index contributed by atoms with van der Waals surface area (Å²) in [6, 6.07) is 71.0. The maximum Gasteiger partial charge on any atom is 0.0541 e. The molecule has 11 rings (SSSR count). The van der Waals surface area contributed by atoms with Gasteiger partial charge >= 0.3 is 0 Å². The van der Waals surface area contributed by atoms with Gasteiger partial charge in [0.1, 0.15) is 0 Å². The Balaban J connectivity index is 1.04. The van der Waals surface area contributed by atoms with Crippen molar-refractivity contribution in [1.29, 1.82) is 0 Å². The normalized spacial score (nSPS) is 11.8. The molecule has 0 bridgehead atoms. The molecule has 2 heterocycles. The first-order valence-electron chi connectivity index (χ1n) is 17.9. The zero-order chi connectivity index (χ0) is 34.2. The van der Waals surface area contributed by atoms with Gasteiger partial charge in [-0.25, -0.2) is 0 Å². The molecule has 0 amide bonds. The van der Waals surface area contributed by atoms with E-state index in [2.05, 4.69) is 203 Å². The molecule has 0 unspecified atom stereocenters. The van der Waals surface area contributed by atoms with Crippen LogP contribution < -0.4 is 0 Å². The molecule has 2 aromatic heterocycles. The Bertz CT molecular complexity index is 3160. The topological polar surface area (TPSA) is 9.86 Å². The molecule has 0 atom stereocenters. The summed E-state index contributed by atoms with van der Waals surface area (Å²) < 4.78 is 4.78. The molecular formula is C50H32N2. The highest BCUT2D eigenvalue weighted by Crippen LogP contribution is 2.39. The molecule has 242 valence electrons. The average Bonchev–Trinajstić information content (AvgIpc) is 3.73. The van der Waals surface area contributed by atoms with Gasteiger partial charge < -0.3 is 9.13 Å². The second-order valence-corrected chi connectivity index (χ2v) is 13.7. The number of fused-ring (bicyclic) bond motifs is 9. The lowest BCUT2D eigenvalue weighted by molar-refractivity contribution is 1.18. The highest BCUT2D eigenvalue weighted by Gasteiger charge is 2.16. The second kappa shape index (κ2) is 11.3. The van der Waals surface area contributed by atoms with Gasteiger partial charge in [-0.3, -0.25) is 0 Å². The molecule has 2 nitrogen and oxygen atoms in total. The molecule has 0 aliphatic rings. The molecule has 0 radical (unpaired) electrons. The number of hydrogen-bond acceptors (Lipinski definition) is 0. The molecule has 9 aromatic carbocycles. The highest BCUT2D eigenvalue weighted by molar-refractivity contribution is 6.15. The first kappa shape index (κ1) is 28.9. The van der Waals surface area contributed by atoms with Crippen LogP contribution in [-0.4, -0.2) is 9.13 Å².